The van der Waals surface area contributed by atoms with E-state index in [2.05, 4.69) is 5.32 Å². The Morgan fingerprint density at radius 3 is 2.56 bits per heavy atom. The molecule has 138 valence electrons. The van der Waals surface area contributed by atoms with E-state index in [-0.39, 0.29) is 24.5 Å². The lowest BCUT2D eigenvalue weighted by molar-refractivity contribution is -0.141. The molecule has 1 unspecified atom stereocenters. The van der Waals surface area contributed by atoms with Crippen LogP contribution < -0.4 is 5.32 Å². The Kier molecular flexibility index (Phi) is 5.59. The lowest BCUT2D eigenvalue weighted by Gasteiger charge is -2.37. The molecule has 0 aliphatic heterocycles. The van der Waals surface area contributed by atoms with Crippen LogP contribution in [0.3, 0.4) is 0 Å². The van der Waals surface area contributed by atoms with Gasteiger partial charge in [-0.15, -0.1) is 0 Å². The standard InChI is InChI=1S/C17H21F3N2O3/c1-10(15(23)24)9-22(2)16(25)21-14-7-12(8-14)11-4-3-5-13(6-11)17(18,19)20/h3-6,10,12,14H,7-9H2,1-2H3,(H,21,25)(H,23,24). The van der Waals surface area contributed by atoms with Crippen LogP contribution in [0.25, 0.3) is 0 Å². The van der Waals surface area contributed by atoms with Gasteiger partial charge in [-0.05, 0) is 30.4 Å². The molecular formula is C17H21F3N2O3. The van der Waals surface area contributed by atoms with Gasteiger partial charge in [-0.1, -0.05) is 25.1 Å². The number of hydrogen-bond donors (Lipinski definition) is 2. The number of nitrogens with zero attached hydrogens (tertiary/aromatic N) is 1. The summed E-state index contributed by atoms with van der Waals surface area (Å²) in [6.45, 7) is 1.60. The predicted molar refractivity (Wildman–Crippen MR) is 85.2 cm³/mol. The molecule has 25 heavy (non-hydrogen) atoms. The lowest BCUT2D eigenvalue weighted by atomic mass is 9.75. The largest absolute Gasteiger partial charge is 0.481 e. The molecule has 1 atom stereocenters. The minimum absolute atomic E-state index is 0.0177. The van der Waals surface area contributed by atoms with E-state index in [4.69, 9.17) is 5.11 Å². The zero-order chi connectivity index (χ0) is 18.8. The smallest absolute Gasteiger partial charge is 0.416 e. The van der Waals surface area contributed by atoms with Crippen molar-refractivity contribution in [2.24, 2.45) is 5.92 Å². The van der Waals surface area contributed by atoms with Gasteiger partial charge in [0.25, 0.3) is 0 Å². The topological polar surface area (TPSA) is 69.6 Å². The third-order valence-corrected chi connectivity index (χ3v) is 4.47. The number of carboxylic acid groups (broad SMARTS) is 1. The highest BCUT2D eigenvalue weighted by Crippen LogP contribution is 2.39. The van der Waals surface area contributed by atoms with Crippen molar-refractivity contribution in [2.75, 3.05) is 13.6 Å². The number of carbonyl (C=O) groups excluding carboxylic acids is 1. The highest BCUT2D eigenvalue weighted by molar-refractivity contribution is 5.76. The molecule has 1 aliphatic rings. The lowest BCUT2D eigenvalue weighted by Crippen LogP contribution is -2.49. The first kappa shape index (κ1) is 19.1. The van der Waals surface area contributed by atoms with Gasteiger partial charge in [-0.25, -0.2) is 4.79 Å². The number of carbonyl (C=O) groups is 2. The second kappa shape index (κ2) is 7.33. The maximum atomic E-state index is 12.7. The molecule has 1 fully saturated rings. The Morgan fingerprint density at radius 1 is 1.36 bits per heavy atom. The maximum Gasteiger partial charge on any atom is 0.416 e. The number of halogens is 3. The fourth-order valence-electron chi connectivity index (χ4n) is 2.83. The van der Waals surface area contributed by atoms with Gasteiger partial charge in [-0.3, -0.25) is 4.79 Å². The van der Waals surface area contributed by atoms with Gasteiger partial charge in [0, 0.05) is 19.6 Å². The van der Waals surface area contributed by atoms with Crippen LogP contribution in [0, 0.1) is 5.92 Å². The minimum Gasteiger partial charge on any atom is -0.481 e. The molecule has 2 amide bonds. The highest BCUT2D eigenvalue weighted by atomic mass is 19.4. The highest BCUT2D eigenvalue weighted by Gasteiger charge is 2.35. The molecule has 5 nitrogen and oxygen atoms in total. The number of urea groups is 1. The number of hydrogen-bond acceptors (Lipinski definition) is 2. The summed E-state index contributed by atoms with van der Waals surface area (Å²) in [5.41, 5.74) is -0.0481. The first-order valence-corrected chi connectivity index (χ1v) is 7.99. The molecule has 0 bridgehead atoms. The number of alkyl halides is 3. The number of benzene rings is 1. The maximum absolute atomic E-state index is 12.7. The van der Waals surface area contributed by atoms with E-state index in [1.54, 1.807) is 6.07 Å². The number of nitrogens with one attached hydrogen (secondary N) is 1. The van der Waals surface area contributed by atoms with Crippen molar-refractivity contribution in [1.29, 1.82) is 0 Å². The number of rotatable bonds is 5. The van der Waals surface area contributed by atoms with Crippen LogP contribution in [-0.2, 0) is 11.0 Å². The van der Waals surface area contributed by atoms with Crippen molar-refractivity contribution in [3.63, 3.8) is 0 Å². The first-order valence-electron chi connectivity index (χ1n) is 7.99. The van der Waals surface area contributed by atoms with Crippen LogP contribution in [-0.4, -0.2) is 41.6 Å². The van der Waals surface area contributed by atoms with Crippen molar-refractivity contribution >= 4 is 12.0 Å². The van der Waals surface area contributed by atoms with Gasteiger partial charge in [0.15, 0.2) is 0 Å². The number of amides is 2. The number of aliphatic carboxylic acids is 1. The molecule has 0 heterocycles. The third kappa shape index (κ3) is 4.87. The quantitative estimate of drug-likeness (QED) is 0.848. The fraction of sp³-hybridized carbons (Fsp3) is 0.529. The van der Waals surface area contributed by atoms with Gasteiger partial charge >= 0.3 is 18.2 Å². The van der Waals surface area contributed by atoms with Crippen LogP contribution in [0.15, 0.2) is 24.3 Å². The molecule has 1 aliphatic carbocycles. The summed E-state index contributed by atoms with van der Waals surface area (Å²) >= 11 is 0. The van der Waals surface area contributed by atoms with E-state index in [9.17, 15) is 22.8 Å². The molecule has 8 heteroatoms. The van der Waals surface area contributed by atoms with Gasteiger partial charge < -0.3 is 15.3 Å². The summed E-state index contributed by atoms with van der Waals surface area (Å²) in [5.74, 6) is -1.67. The molecule has 0 aromatic heterocycles. The van der Waals surface area contributed by atoms with E-state index in [0.29, 0.717) is 18.4 Å². The summed E-state index contributed by atoms with van der Waals surface area (Å²) in [6, 6.07) is 4.77. The normalized spacial score (nSPS) is 21.2. The van der Waals surface area contributed by atoms with Crippen LogP contribution in [0.1, 0.15) is 36.8 Å². The summed E-state index contributed by atoms with van der Waals surface area (Å²) in [6.07, 6.45) is -3.23. The Balaban J connectivity index is 1.84. The second-order valence-electron chi connectivity index (χ2n) is 6.56. The van der Waals surface area contributed by atoms with Crippen molar-refractivity contribution < 1.29 is 27.9 Å². The second-order valence-corrected chi connectivity index (χ2v) is 6.56. The zero-order valence-electron chi connectivity index (χ0n) is 14.0. The van der Waals surface area contributed by atoms with E-state index in [0.717, 1.165) is 12.1 Å². The summed E-state index contributed by atoms with van der Waals surface area (Å²) in [4.78, 5) is 24.1. The Labute approximate surface area is 143 Å². The van der Waals surface area contributed by atoms with Gasteiger partial charge in [0.2, 0.25) is 0 Å². The van der Waals surface area contributed by atoms with E-state index >= 15 is 0 Å². The predicted octanol–water partition coefficient (Wildman–Crippen LogP) is 3.31. The van der Waals surface area contributed by atoms with Gasteiger partial charge in [0.1, 0.15) is 0 Å². The third-order valence-electron chi connectivity index (χ3n) is 4.47. The molecule has 1 saturated carbocycles. The molecule has 0 spiro atoms. The summed E-state index contributed by atoms with van der Waals surface area (Å²) in [5, 5.41) is 11.6. The molecule has 0 radical (unpaired) electrons. The van der Waals surface area contributed by atoms with Crippen LogP contribution in [0.5, 0.6) is 0 Å². The zero-order valence-corrected chi connectivity index (χ0v) is 14.0. The molecular weight excluding hydrogens is 337 g/mol. The van der Waals surface area contributed by atoms with E-state index < -0.39 is 23.6 Å². The van der Waals surface area contributed by atoms with E-state index in [1.165, 1.54) is 24.9 Å². The Bertz CT molecular complexity index is 642. The average molecular weight is 358 g/mol. The SMILES string of the molecule is CC(CN(C)C(=O)NC1CC(c2cccc(C(F)(F)F)c2)C1)C(=O)O. The van der Waals surface area contributed by atoms with Crippen molar-refractivity contribution in [1.82, 2.24) is 10.2 Å². The Morgan fingerprint density at radius 2 is 2.00 bits per heavy atom. The fourth-order valence-corrected chi connectivity index (χ4v) is 2.83. The summed E-state index contributed by atoms with van der Waals surface area (Å²) in [7, 11) is 1.51. The van der Waals surface area contributed by atoms with Crippen LogP contribution in [0.2, 0.25) is 0 Å². The van der Waals surface area contributed by atoms with Crippen molar-refractivity contribution in [3.05, 3.63) is 35.4 Å². The van der Waals surface area contributed by atoms with Crippen molar-refractivity contribution in [2.45, 2.75) is 37.9 Å². The number of carboxylic acids is 1. The molecule has 2 N–H and O–H groups in total. The molecule has 1 aromatic rings. The molecule has 0 saturated heterocycles. The molecule has 2 rings (SSSR count). The van der Waals surface area contributed by atoms with Crippen LogP contribution in [0.4, 0.5) is 18.0 Å². The van der Waals surface area contributed by atoms with Crippen molar-refractivity contribution in [3.8, 4) is 0 Å². The van der Waals surface area contributed by atoms with E-state index in [1.807, 2.05) is 0 Å². The monoisotopic (exact) mass is 358 g/mol. The van der Waals surface area contributed by atoms with Gasteiger partial charge in [0.05, 0.1) is 11.5 Å². The minimum atomic E-state index is -4.36. The van der Waals surface area contributed by atoms with Crippen LogP contribution >= 0.6 is 0 Å². The Hall–Kier alpha value is -2.25. The average Bonchev–Trinajstić information content (AvgIpc) is 2.49. The first-order chi connectivity index (χ1) is 11.6. The molecule has 1 aromatic carbocycles. The summed E-state index contributed by atoms with van der Waals surface area (Å²) < 4.78 is 38.2. The van der Waals surface area contributed by atoms with Gasteiger partial charge in [-0.2, -0.15) is 13.2 Å².